The SMILES string of the molecule is CCOc1ccccc1Nc1cc(C(=O)N(CC)c2ccccc2)ncn1. The number of nitrogens with zero attached hydrogens (tertiary/aromatic N) is 3. The van der Waals surface area contributed by atoms with E-state index >= 15 is 0 Å². The predicted octanol–water partition coefficient (Wildman–Crippen LogP) is 4.29. The summed E-state index contributed by atoms with van der Waals surface area (Å²) in [6.45, 7) is 4.97. The summed E-state index contributed by atoms with van der Waals surface area (Å²) in [6.07, 6.45) is 1.39. The zero-order valence-electron chi connectivity index (χ0n) is 15.4. The summed E-state index contributed by atoms with van der Waals surface area (Å²) in [5.74, 6) is 1.09. The molecule has 138 valence electrons. The zero-order chi connectivity index (χ0) is 19.1. The second-order valence-electron chi connectivity index (χ2n) is 5.73. The fourth-order valence-electron chi connectivity index (χ4n) is 2.72. The molecule has 3 aromatic rings. The molecule has 1 amide bonds. The molecule has 1 N–H and O–H groups in total. The van der Waals surface area contributed by atoms with Crippen molar-refractivity contribution in [3.05, 3.63) is 72.7 Å². The quantitative estimate of drug-likeness (QED) is 0.679. The van der Waals surface area contributed by atoms with Gasteiger partial charge in [-0.3, -0.25) is 4.79 Å². The van der Waals surface area contributed by atoms with E-state index in [9.17, 15) is 4.79 Å². The van der Waals surface area contributed by atoms with Crippen LogP contribution in [0.5, 0.6) is 5.75 Å². The summed E-state index contributed by atoms with van der Waals surface area (Å²) in [5.41, 5.74) is 1.94. The number of nitrogens with one attached hydrogen (secondary N) is 1. The number of ether oxygens (including phenoxy) is 1. The number of benzene rings is 2. The third kappa shape index (κ3) is 4.41. The van der Waals surface area contributed by atoms with Crippen molar-refractivity contribution in [2.45, 2.75) is 13.8 Å². The Labute approximate surface area is 158 Å². The maximum absolute atomic E-state index is 12.9. The molecule has 3 rings (SSSR count). The molecule has 0 fully saturated rings. The smallest absolute Gasteiger partial charge is 0.277 e. The highest BCUT2D eigenvalue weighted by Crippen LogP contribution is 2.27. The van der Waals surface area contributed by atoms with Gasteiger partial charge in [-0.2, -0.15) is 0 Å². The highest BCUT2D eigenvalue weighted by molar-refractivity contribution is 6.05. The number of rotatable bonds is 7. The molecule has 0 saturated carbocycles. The number of hydrogen-bond donors (Lipinski definition) is 1. The summed E-state index contributed by atoms with van der Waals surface area (Å²) in [4.78, 5) is 23.0. The van der Waals surface area contributed by atoms with Crippen molar-refractivity contribution in [2.24, 2.45) is 0 Å². The van der Waals surface area contributed by atoms with E-state index in [0.717, 1.165) is 17.1 Å². The number of aromatic nitrogens is 2. The van der Waals surface area contributed by atoms with Crippen LogP contribution in [0.1, 0.15) is 24.3 Å². The fraction of sp³-hybridized carbons (Fsp3) is 0.190. The van der Waals surface area contributed by atoms with Gasteiger partial charge in [-0.15, -0.1) is 0 Å². The molecule has 2 aromatic carbocycles. The van der Waals surface area contributed by atoms with Crippen LogP contribution in [0.15, 0.2) is 67.0 Å². The Balaban J connectivity index is 1.84. The molecular formula is C21H22N4O2. The van der Waals surface area contributed by atoms with Crippen molar-refractivity contribution in [1.82, 2.24) is 9.97 Å². The Morgan fingerprint density at radius 2 is 1.78 bits per heavy atom. The minimum Gasteiger partial charge on any atom is -0.492 e. The molecule has 6 nitrogen and oxygen atoms in total. The average Bonchev–Trinajstić information content (AvgIpc) is 2.71. The van der Waals surface area contributed by atoms with Crippen LogP contribution in [0.3, 0.4) is 0 Å². The first kappa shape index (κ1) is 18.4. The molecule has 0 unspecified atom stereocenters. The monoisotopic (exact) mass is 362 g/mol. The number of carbonyl (C=O) groups is 1. The fourth-order valence-corrected chi connectivity index (χ4v) is 2.72. The van der Waals surface area contributed by atoms with Crippen LogP contribution in [0.25, 0.3) is 0 Å². The topological polar surface area (TPSA) is 67.3 Å². The lowest BCUT2D eigenvalue weighted by Gasteiger charge is -2.20. The lowest BCUT2D eigenvalue weighted by molar-refractivity contribution is 0.0983. The number of para-hydroxylation sites is 3. The zero-order valence-corrected chi connectivity index (χ0v) is 15.4. The minimum absolute atomic E-state index is 0.174. The Kier molecular flexibility index (Phi) is 5.99. The number of anilines is 3. The van der Waals surface area contributed by atoms with Gasteiger partial charge in [0.25, 0.3) is 5.91 Å². The van der Waals surface area contributed by atoms with Crippen LogP contribution < -0.4 is 15.0 Å². The Morgan fingerprint density at radius 1 is 1.04 bits per heavy atom. The van der Waals surface area contributed by atoms with Crippen molar-refractivity contribution < 1.29 is 9.53 Å². The molecule has 0 aliphatic rings. The lowest BCUT2D eigenvalue weighted by Crippen LogP contribution is -2.31. The molecule has 0 atom stereocenters. The van der Waals surface area contributed by atoms with Crippen LogP contribution in [0.2, 0.25) is 0 Å². The van der Waals surface area contributed by atoms with Crippen molar-refractivity contribution in [2.75, 3.05) is 23.4 Å². The first-order valence-electron chi connectivity index (χ1n) is 8.90. The van der Waals surface area contributed by atoms with E-state index in [2.05, 4.69) is 15.3 Å². The molecule has 1 heterocycles. The molecule has 6 heteroatoms. The van der Waals surface area contributed by atoms with Crippen LogP contribution >= 0.6 is 0 Å². The number of carbonyl (C=O) groups excluding carboxylic acids is 1. The van der Waals surface area contributed by atoms with Gasteiger partial charge in [-0.25, -0.2) is 9.97 Å². The van der Waals surface area contributed by atoms with Gasteiger partial charge in [0.2, 0.25) is 0 Å². The van der Waals surface area contributed by atoms with Crippen LogP contribution in [0, 0.1) is 0 Å². The van der Waals surface area contributed by atoms with E-state index in [1.54, 1.807) is 11.0 Å². The normalized spacial score (nSPS) is 10.3. The molecule has 0 radical (unpaired) electrons. The Morgan fingerprint density at radius 3 is 2.52 bits per heavy atom. The second-order valence-corrected chi connectivity index (χ2v) is 5.73. The average molecular weight is 362 g/mol. The molecular weight excluding hydrogens is 340 g/mol. The van der Waals surface area contributed by atoms with E-state index in [0.29, 0.717) is 24.7 Å². The van der Waals surface area contributed by atoms with Crippen molar-refractivity contribution in [1.29, 1.82) is 0 Å². The van der Waals surface area contributed by atoms with Crippen molar-refractivity contribution in [3.8, 4) is 5.75 Å². The second kappa shape index (κ2) is 8.80. The molecule has 0 spiro atoms. The third-order valence-corrected chi connectivity index (χ3v) is 3.97. The highest BCUT2D eigenvalue weighted by Gasteiger charge is 2.18. The highest BCUT2D eigenvalue weighted by atomic mass is 16.5. The largest absolute Gasteiger partial charge is 0.492 e. The van der Waals surface area contributed by atoms with E-state index in [-0.39, 0.29) is 5.91 Å². The third-order valence-electron chi connectivity index (χ3n) is 3.97. The van der Waals surface area contributed by atoms with Gasteiger partial charge in [-0.1, -0.05) is 30.3 Å². The van der Waals surface area contributed by atoms with Gasteiger partial charge in [-0.05, 0) is 38.1 Å². The van der Waals surface area contributed by atoms with Gasteiger partial charge >= 0.3 is 0 Å². The van der Waals surface area contributed by atoms with Crippen LogP contribution in [-0.2, 0) is 0 Å². The Hall–Kier alpha value is -3.41. The van der Waals surface area contributed by atoms with Gasteiger partial charge in [0, 0.05) is 18.3 Å². The first-order chi connectivity index (χ1) is 13.2. The summed E-state index contributed by atoms with van der Waals surface area (Å²) < 4.78 is 5.62. The molecule has 0 bridgehead atoms. The van der Waals surface area contributed by atoms with Crippen molar-refractivity contribution >= 4 is 23.1 Å². The van der Waals surface area contributed by atoms with Gasteiger partial charge in [0.15, 0.2) is 0 Å². The molecule has 0 saturated heterocycles. The summed E-state index contributed by atoms with van der Waals surface area (Å²) in [5, 5.41) is 3.20. The summed E-state index contributed by atoms with van der Waals surface area (Å²) in [7, 11) is 0. The minimum atomic E-state index is -0.174. The summed E-state index contributed by atoms with van der Waals surface area (Å²) >= 11 is 0. The van der Waals surface area contributed by atoms with Crippen LogP contribution in [0.4, 0.5) is 17.2 Å². The van der Waals surface area contributed by atoms with Gasteiger partial charge < -0.3 is 15.0 Å². The Bertz CT molecular complexity index is 899. The van der Waals surface area contributed by atoms with E-state index in [1.165, 1.54) is 6.33 Å². The molecule has 0 aliphatic heterocycles. The van der Waals surface area contributed by atoms with Gasteiger partial charge in [0.05, 0.1) is 12.3 Å². The standard InChI is InChI=1S/C21H22N4O2/c1-3-25(16-10-6-5-7-11-16)21(26)18-14-20(23-15-22-18)24-17-12-8-9-13-19(17)27-4-2/h5-15H,3-4H2,1-2H3,(H,22,23,24). The number of hydrogen-bond acceptors (Lipinski definition) is 5. The van der Waals surface area contributed by atoms with E-state index < -0.39 is 0 Å². The number of amides is 1. The maximum atomic E-state index is 12.9. The van der Waals surface area contributed by atoms with E-state index in [4.69, 9.17) is 4.74 Å². The molecule has 27 heavy (non-hydrogen) atoms. The van der Waals surface area contributed by atoms with E-state index in [1.807, 2.05) is 68.4 Å². The molecule has 1 aromatic heterocycles. The lowest BCUT2D eigenvalue weighted by atomic mass is 10.2. The maximum Gasteiger partial charge on any atom is 0.277 e. The van der Waals surface area contributed by atoms with Crippen LogP contribution in [-0.4, -0.2) is 29.0 Å². The predicted molar refractivity (Wildman–Crippen MR) is 107 cm³/mol. The first-order valence-corrected chi connectivity index (χ1v) is 8.90. The van der Waals surface area contributed by atoms with Gasteiger partial charge in [0.1, 0.15) is 23.6 Å². The molecule has 0 aliphatic carbocycles. The summed E-state index contributed by atoms with van der Waals surface area (Å²) in [6, 6.07) is 18.8. The van der Waals surface area contributed by atoms with Crippen molar-refractivity contribution in [3.63, 3.8) is 0 Å².